The summed E-state index contributed by atoms with van der Waals surface area (Å²) in [5.41, 5.74) is 0. The molecule has 0 aliphatic rings. The smallest absolute Gasteiger partial charge is 0.413 e. The summed E-state index contributed by atoms with van der Waals surface area (Å²) in [4.78, 5) is 17.0. The van der Waals surface area contributed by atoms with Crippen molar-refractivity contribution in [3.8, 4) is 0 Å². The first-order valence-corrected chi connectivity index (χ1v) is 11.0. The van der Waals surface area contributed by atoms with Crippen LogP contribution < -0.4 is 0 Å². The predicted octanol–water partition coefficient (Wildman–Crippen LogP) is 6.48. The highest BCUT2D eigenvalue weighted by atomic mass is 31.2. The average molecular weight is 348 g/mol. The first-order valence-electron chi connectivity index (χ1n) is 9.45. The van der Waals surface area contributed by atoms with Gasteiger partial charge >= 0.3 is 7.82 Å². The van der Waals surface area contributed by atoms with Gasteiger partial charge in [0, 0.05) is 0 Å². The Morgan fingerprint density at radius 2 is 1.13 bits per heavy atom. The van der Waals surface area contributed by atoms with Crippen LogP contribution in [0.4, 0.5) is 0 Å². The first-order chi connectivity index (χ1) is 11.1. The molecule has 0 atom stereocenters. The van der Waals surface area contributed by atoms with Gasteiger partial charge in [-0.1, -0.05) is 90.4 Å². The van der Waals surface area contributed by atoms with Gasteiger partial charge in [-0.3, -0.25) is 9.79 Å². The van der Waals surface area contributed by atoms with Crippen molar-refractivity contribution in [2.24, 2.45) is 0 Å². The lowest BCUT2D eigenvalue weighted by Crippen LogP contribution is -1.83. The lowest BCUT2D eigenvalue weighted by Gasteiger charge is -2.03. The number of allylic oxidation sites excluding steroid dienone is 1. The lowest BCUT2D eigenvalue weighted by atomic mass is 10.0. The Hall–Kier alpha value is -0.310. The lowest BCUT2D eigenvalue weighted by molar-refractivity contribution is 0.258. The van der Waals surface area contributed by atoms with E-state index in [1.807, 2.05) is 0 Å². The number of unbranched alkanes of at least 4 members (excludes halogenated alkanes) is 14. The Labute approximate surface area is 143 Å². The number of phosphoric ester groups is 1. The maximum absolute atomic E-state index is 10.4. The first kappa shape index (κ1) is 22.7. The van der Waals surface area contributed by atoms with E-state index in [0.717, 1.165) is 19.1 Å². The van der Waals surface area contributed by atoms with Crippen LogP contribution in [0, 0.1) is 0 Å². The normalized spacial score (nSPS) is 12.1. The van der Waals surface area contributed by atoms with Crippen LogP contribution in [0.25, 0.3) is 0 Å². The molecule has 4 nitrogen and oxygen atoms in total. The van der Waals surface area contributed by atoms with Gasteiger partial charge in [0.05, 0.1) is 6.26 Å². The molecule has 138 valence electrons. The quantitative estimate of drug-likeness (QED) is 0.179. The van der Waals surface area contributed by atoms with Crippen molar-refractivity contribution in [3.63, 3.8) is 0 Å². The molecule has 0 heterocycles. The Kier molecular flexibility index (Phi) is 16.3. The van der Waals surface area contributed by atoms with Gasteiger partial charge in [-0.05, 0) is 18.9 Å². The summed E-state index contributed by atoms with van der Waals surface area (Å²) in [7, 11) is -4.34. The Balaban J connectivity index is 3.09. The minimum Gasteiger partial charge on any atom is -0.413 e. The fraction of sp³-hybridized carbons (Fsp3) is 0.889. The van der Waals surface area contributed by atoms with Crippen molar-refractivity contribution in [1.29, 1.82) is 0 Å². The second-order valence-corrected chi connectivity index (χ2v) is 7.54. The highest BCUT2D eigenvalue weighted by Gasteiger charge is 2.10. The second-order valence-electron chi connectivity index (χ2n) is 6.35. The van der Waals surface area contributed by atoms with Gasteiger partial charge in [-0.2, -0.15) is 0 Å². The molecule has 0 bridgehead atoms. The van der Waals surface area contributed by atoms with E-state index in [-0.39, 0.29) is 0 Å². The van der Waals surface area contributed by atoms with Crippen LogP contribution in [-0.4, -0.2) is 9.79 Å². The third kappa shape index (κ3) is 21.7. The molecule has 0 spiro atoms. The summed E-state index contributed by atoms with van der Waals surface area (Å²) in [5.74, 6) is 0. The molecule has 0 aliphatic heterocycles. The molecule has 0 rings (SSSR count). The third-order valence-corrected chi connectivity index (χ3v) is 4.42. The summed E-state index contributed by atoms with van der Waals surface area (Å²) in [6.45, 7) is 2.26. The van der Waals surface area contributed by atoms with E-state index in [9.17, 15) is 4.57 Å². The molecule has 0 aromatic carbocycles. The fourth-order valence-electron chi connectivity index (χ4n) is 2.65. The summed E-state index contributed by atoms with van der Waals surface area (Å²) < 4.78 is 14.6. The summed E-state index contributed by atoms with van der Waals surface area (Å²) in [6, 6.07) is 0. The van der Waals surface area contributed by atoms with Gasteiger partial charge in [0.25, 0.3) is 0 Å². The zero-order valence-electron chi connectivity index (χ0n) is 14.9. The fourth-order valence-corrected chi connectivity index (χ4v) is 2.89. The Bertz CT molecular complexity index is 312. The molecule has 5 heteroatoms. The summed E-state index contributed by atoms with van der Waals surface area (Å²) in [6.07, 6.45) is 22.3. The molecule has 23 heavy (non-hydrogen) atoms. The van der Waals surface area contributed by atoms with E-state index >= 15 is 0 Å². The van der Waals surface area contributed by atoms with Crippen molar-refractivity contribution in [2.45, 2.75) is 103 Å². The van der Waals surface area contributed by atoms with Crippen molar-refractivity contribution in [2.75, 3.05) is 0 Å². The summed E-state index contributed by atoms with van der Waals surface area (Å²) in [5, 5.41) is 0. The molecule has 2 N–H and O–H groups in total. The number of phosphoric acid groups is 1. The van der Waals surface area contributed by atoms with Gasteiger partial charge in [-0.15, -0.1) is 0 Å². The number of hydrogen-bond donors (Lipinski definition) is 2. The van der Waals surface area contributed by atoms with Crippen molar-refractivity contribution in [3.05, 3.63) is 12.3 Å². The zero-order valence-corrected chi connectivity index (χ0v) is 15.8. The van der Waals surface area contributed by atoms with Crippen molar-refractivity contribution < 1.29 is 18.9 Å². The Morgan fingerprint density at radius 1 is 0.739 bits per heavy atom. The van der Waals surface area contributed by atoms with Crippen LogP contribution in [0.15, 0.2) is 12.3 Å². The van der Waals surface area contributed by atoms with Crippen LogP contribution in [0.3, 0.4) is 0 Å². The van der Waals surface area contributed by atoms with Gasteiger partial charge in [0.2, 0.25) is 0 Å². The molecular formula is C18H37O4P. The third-order valence-electron chi connectivity index (χ3n) is 4.02. The minimum atomic E-state index is -4.34. The monoisotopic (exact) mass is 348 g/mol. The molecule has 0 radical (unpaired) electrons. The Morgan fingerprint density at radius 3 is 1.52 bits per heavy atom. The largest absolute Gasteiger partial charge is 0.524 e. The van der Waals surface area contributed by atoms with Crippen molar-refractivity contribution in [1.82, 2.24) is 0 Å². The highest BCUT2D eigenvalue weighted by molar-refractivity contribution is 7.46. The van der Waals surface area contributed by atoms with E-state index in [1.54, 1.807) is 6.08 Å². The molecule has 0 saturated carbocycles. The molecular weight excluding hydrogens is 311 g/mol. The van der Waals surface area contributed by atoms with E-state index in [0.29, 0.717) is 0 Å². The number of rotatable bonds is 17. The highest BCUT2D eigenvalue weighted by Crippen LogP contribution is 2.35. The van der Waals surface area contributed by atoms with Gasteiger partial charge < -0.3 is 4.52 Å². The average Bonchev–Trinajstić information content (AvgIpc) is 2.49. The van der Waals surface area contributed by atoms with Crippen molar-refractivity contribution >= 4 is 7.82 Å². The molecule has 0 saturated heterocycles. The summed E-state index contributed by atoms with van der Waals surface area (Å²) >= 11 is 0. The van der Waals surface area contributed by atoms with Crippen LogP contribution >= 0.6 is 7.82 Å². The van der Waals surface area contributed by atoms with E-state index in [1.165, 1.54) is 83.5 Å². The predicted molar refractivity (Wildman–Crippen MR) is 97.2 cm³/mol. The van der Waals surface area contributed by atoms with Gasteiger partial charge in [-0.25, -0.2) is 4.57 Å². The van der Waals surface area contributed by atoms with Gasteiger partial charge in [0.1, 0.15) is 0 Å². The SMILES string of the molecule is CCCCCCCCCCCCCCCCC=COP(=O)(O)O. The molecule has 0 fully saturated rings. The van der Waals surface area contributed by atoms with E-state index in [2.05, 4.69) is 11.4 Å². The van der Waals surface area contributed by atoms with Crippen LogP contribution in [0.5, 0.6) is 0 Å². The van der Waals surface area contributed by atoms with Gasteiger partial charge in [0.15, 0.2) is 0 Å². The van der Waals surface area contributed by atoms with E-state index in [4.69, 9.17) is 9.79 Å². The maximum Gasteiger partial charge on any atom is 0.524 e. The second kappa shape index (κ2) is 16.5. The molecule has 0 amide bonds. The maximum atomic E-state index is 10.4. The molecule has 0 unspecified atom stereocenters. The minimum absolute atomic E-state index is 0.817. The van der Waals surface area contributed by atoms with Crippen LogP contribution in [0.2, 0.25) is 0 Å². The number of hydrogen-bond acceptors (Lipinski definition) is 2. The van der Waals surface area contributed by atoms with Crippen LogP contribution in [-0.2, 0) is 9.09 Å². The zero-order chi connectivity index (χ0) is 17.2. The molecule has 0 aliphatic carbocycles. The van der Waals surface area contributed by atoms with E-state index < -0.39 is 7.82 Å². The standard InChI is InChI=1S/C18H37O4P/c1-2-3-4-5-6-7-8-9-10-11-12-13-14-15-16-17-18-22-23(19,20)21/h17-18H,2-16H2,1H3,(H2,19,20,21). The van der Waals surface area contributed by atoms with Crippen LogP contribution in [0.1, 0.15) is 103 Å². The molecule has 0 aromatic rings. The molecule has 0 aromatic heterocycles. The topological polar surface area (TPSA) is 66.8 Å².